The molecule has 3 rings (SSSR count). The van der Waals surface area contributed by atoms with Gasteiger partial charge in [-0.05, 0) is 18.9 Å². The maximum Gasteiger partial charge on any atom is 0.333 e. The number of rotatable bonds is 10. The van der Waals surface area contributed by atoms with Crippen LogP contribution in [0.25, 0.3) is 0 Å². The summed E-state index contributed by atoms with van der Waals surface area (Å²) < 4.78 is 40.5. The number of anilines is 1. The molecule has 168 valence electrons. The summed E-state index contributed by atoms with van der Waals surface area (Å²) in [6, 6.07) is 1.41. The van der Waals surface area contributed by atoms with E-state index in [2.05, 4.69) is 19.5 Å². The van der Waals surface area contributed by atoms with Crippen LogP contribution in [0.2, 0.25) is 0 Å². The van der Waals surface area contributed by atoms with Crippen LogP contribution in [-0.4, -0.2) is 59.3 Å². The predicted octanol–water partition coefficient (Wildman–Crippen LogP) is 0.806. The standard InChI is InChI=1S/C19H24FN5O5S/c20-4-1-2-5-25-6-3-13(10-25)18(27)16-9-22-12-23-19(16)24-15-7-14(17(26)8-15)11-30-31(21,28)29/h1-3,6,9-10,12,14-15,17,26H,4-5,7-8,11H2,(H2,21,28,29)(H,22,23,24). The van der Waals surface area contributed by atoms with Gasteiger partial charge in [-0.25, -0.2) is 19.5 Å². The van der Waals surface area contributed by atoms with E-state index < -0.39 is 29.0 Å². The average Bonchev–Trinajstić information content (AvgIpc) is 3.32. The second-order valence-corrected chi connectivity index (χ2v) is 8.48. The molecule has 12 heteroatoms. The van der Waals surface area contributed by atoms with E-state index in [0.717, 1.165) is 0 Å². The molecule has 1 saturated carbocycles. The van der Waals surface area contributed by atoms with E-state index in [9.17, 15) is 22.7 Å². The maximum atomic E-state index is 13.0. The van der Waals surface area contributed by atoms with Crippen molar-refractivity contribution >= 4 is 21.9 Å². The maximum absolute atomic E-state index is 13.0. The SMILES string of the molecule is NS(=O)(=O)OCC1CC(Nc2ncncc2C(=O)c2ccn(CC=CCF)c2)CC1O. The van der Waals surface area contributed by atoms with Crippen LogP contribution < -0.4 is 10.5 Å². The first-order valence-electron chi connectivity index (χ1n) is 9.60. The molecule has 1 aliphatic rings. The molecule has 3 atom stereocenters. The van der Waals surface area contributed by atoms with E-state index in [1.165, 1.54) is 18.6 Å². The molecule has 0 saturated heterocycles. The molecular weight excluding hydrogens is 429 g/mol. The second kappa shape index (κ2) is 10.1. The normalized spacial score (nSPS) is 21.6. The predicted molar refractivity (Wildman–Crippen MR) is 110 cm³/mol. The van der Waals surface area contributed by atoms with Crippen molar-refractivity contribution in [2.45, 2.75) is 31.5 Å². The van der Waals surface area contributed by atoms with Gasteiger partial charge in [-0.15, -0.1) is 0 Å². The minimum Gasteiger partial charge on any atom is -0.393 e. The molecular formula is C19H24FN5O5S. The van der Waals surface area contributed by atoms with Gasteiger partial charge in [0.15, 0.2) is 5.78 Å². The van der Waals surface area contributed by atoms with Crippen LogP contribution >= 0.6 is 0 Å². The largest absolute Gasteiger partial charge is 0.393 e. The summed E-state index contributed by atoms with van der Waals surface area (Å²) in [7, 11) is -4.09. The highest BCUT2D eigenvalue weighted by Crippen LogP contribution is 2.30. The number of hydrogen-bond donors (Lipinski definition) is 3. The zero-order valence-electron chi connectivity index (χ0n) is 16.6. The number of hydrogen-bond acceptors (Lipinski definition) is 8. The van der Waals surface area contributed by atoms with Gasteiger partial charge < -0.3 is 15.0 Å². The molecule has 3 unspecified atom stereocenters. The first-order valence-corrected chi connectivity index (χ1v) is 11.1. The van der Waals surface area contributed by atoms with Gasteiger partial charge in [-0.3, -0.25) is 8.98 Å². The Bertz CT molecular complexity index is 1040. The molecule has 0 amide bonds. The van der Waals surface area contributed by atoms with E-state index in [4.69, 9.17) is 5.14 Å². The Balaban J connectivity index is 1.68. The smallest absolute Gasteiger partial charge is 0.333 e. The van der Waals surface area contributed by atoms with Crippen molar-refractivity contribution in [3.63, 3.8) is 0 Å². The first-order chi connectivity index (χ1) is 14.8. The molecule has 0 bridgehead atoms. The highest BCUT2D eigenvalue weighted by atomic mass is 32.2. The number of carbonyl (C=O) groups excluding carboxylic acids is 1. The number of aromatic nitrogens is 3. The Morgan fingerprint density at radius 1 is 1.42 bits per heavy atom. The number of ketones is 1. The zero-order valence-corrected chi connectivity index (χ0v) is 17.4. The molecule has 31 heavy (non-hydrogen) atoms. The molecule has 4 N–H and O–H groups in total. The van der Waals surface area contributed by atoms with Crippen molar-refractivity contribution in [1.82, 2.24) is 14.5 Å². The van der Waals surface area contributed by atoms with Crippen molar-refractivity contribution in [2.24, 2.45) is 11.1 Å². The summed E-state index contributed by atoms with van der Waals surface area (Å²) >= 11 is 0. The summed E-state index contributed by atoms with van der Waals surface area (Å²) in [5.74, 6) is -0.400. The quantitative estimate of drug-likeness (QED) is 0.353. The zero-order chi connectivity index (χ0) is 22.4. The molecule has 0 aliphatic heterocycles. The molecule has 2 heterocycles. The Morgan fingerprint density at radius 2 is 2.23 bits per heavy atom. The van der Waals surface area contributed by atoms with E-state index in [-0.39, 0.29) is 24.0 Å². The van der Waals surface area contributed by atoms with Crippen LogP contribution in [0.1, 0.15) is 28.8 Å². The monoisotopic (exact) mass is 453 g/mol. The van der Waals surface area contributed by atoms with Gasteiger partial charge in [0.25, 0.3) is 0 Å². The van der Waals surface area contributed by atoms with Crippen LogP contribution in [-0.2, 0) is 21.0 Å². The molecule has 0 radical (unpaired) electrons. The minimum atomic E-state index is -4.09. The number of allylic oxidation sites excluding steroid dienone is 2. The van der Waals surface area contributed by atoms with Crippen LogP contribution in [0, 0.1) is 5.92 Å². The highest BCUT2D eigenvalue weighted by Gasteiger charge is 2.34. The van der Waals surface area contributed by atoms with Crippen LogP contribution in [0.5, 0.6) is 0 Å². The Kier molecular flexibility index (Phi) is 7.49. The fourth-order valence-electron chi connectivity index (χ4n) is 3.49. The number of nitrogens with zero attached hydrogens (tertiary/aromatic N) is 3. The third-order valence-electron chi connectivity index (χ3n) is 4.99. The van der Waals surface area contributed by atoms with Gasteiger partial charge in [-0.2, -0.15) is 8.42 Å². The van der Waals surface area contributed by atoms with Crippen molar-refractivity contribution in [1.29, 1.82) is 0 Å². The number of nitrogens with two attached hydrogens (primary N) is 1. The summed E-state index contributed by atoms with van der Waals surface area (Å²) in [5, 5.41) is 18.2. The lowest BCUT2D eigenvalue weighted by molar-refractivity contribution is 0.101. The van der Waals surface area contributed by atoms with Crippen molar-refractivity contribution in [2.75, 3.05) is 18.6 Å². The van der Waals surface area contributed by atoms with E-state index in [1.807, 2.05) is 0 Å². The van der Waals surface area contributed by atoms with Gasteiger partial charge in [0, 0.05) is 42.7 Å². The lowest BCUT2D eigenvalue weighted by Crippen LogP contribution is -2.24. The summed E-state index contributed by atoms with van der Waals surface area (Å²) in [6.45, 7) is -0.331. The Labute approximate surface area is 179 Å². The highest BCUT2D eigenvalue weighted by molar-refractivity contribution is 7.84. The summed E-state index contributed by atoms with van der Waals surface area (Å²) in [6.07, 6.45) is 9.09. The van der Waals surface area contributed by atoms with Crippen LogP contribution in [0.3, 0.4) is 0 Å². The third kappa shape index (κ3) is 6.40. The fraction of sp³-hybridized carbons (Fsp3) is 0.421. The lowest BCUT2D eigenvalue weighted by atomic mass is 10.1. The Morgan fingerprint density at radius 3 is 2.97 bits per heavy atom. The minimum absolute atomic E-state index is 0.224. The second-order valence-electron chi connectivity index (χ2n) is 7.25. The van der Waals surface area contributed by atoms with Crippen molar-refractivity contribution < 1.29 is 26.9 Å². The van der Waals surface area contributed by atoms with Crippen LogP contribution in [0.15, 0.2) is 43.1 Å². The van der Waals surface area contributed by atoms with Gasteiger partial charge in [0.1, 0.15) is 18.8 Å². The fourth-order valence-corrected chi connectivity index (χ4v) is 3.85. The average molecular weight is 453 g/mol. The number of aliphatic hydroxyl groups is 1. The molecule has 2 aromatic rings. The van der Waals surface area contributed by atoms with Gasteiger partial charge in [-0.1, -0.05) is 12.2 Å². The van der Waals surface area contributed by atoms with Gasteiger partial charge in [0.05, 0.1) is 18.3 Å². The van der Waals surface area contributed by atoms with Crippen molar-refractivity contribution in [3.8, 4) is 0 Å². The molecule has 0 aromatic carbocycles. The topological polar surface area (TPSA) is 149 Å². The van der Waals surface area contributed by atoms with E-state index >= 15 is 0 Å². The number of carbonyl (C=O) groups is 1. The number of aliphatic hydroxyl groups excluding tert-OH is 1. The van der Waals surface area contributed by atoms with E-state index in [1.54, 1.807) is 29.1 Å². The lowest BCUT2D eigenvalue weighted by Gasteiger charge is -2.15. The first kappa shape index (κ1) is 23.0. The third-order valence-corrected chi connectivity index (χ3v) is 5.45. The Hall–Kier alpha value is -2.67. The summed E-state index contributed by atoms with van der Waals surface area (Å²) in [4.78, 5) is 21.1. The summed E-state index contributed by atoms with van der Waals surface area (Å²) in [5.41, 5.74) is 0.690. The van der Waals surface area contributed by atoms with Crippen molar-refractivity contribution in [3.05, 3.63) is 54.3 Å². The number of nitrogens with one attached hydrogen (secondary N) is 1. The molecule has 2 aromatic heterocycles. The molecule has 10 nitrogen and oxygen atoms in total. The molecule has 1 aliphatic carbocycles. The molecule has 1 fully saturated rings. The van der Waals surface area contributed by atoms with Gasteiger partial charge in [0.2, 0.25) is 0 Å². The number of alkyl halides is 1. The van der Waals surface area contributed by atoms with E-state index in [0.29, 0.717) is 30.8 Å². The molecule has 0 spiro atoms. The van der Waals surface area contributed by atoms with Crippen LogP contribution in [0.4, 0.5) is 10.2 Å². The van der Waals surface area contributed by atoms with Gasteiger partial charge >= 0.3 is 10.3 Å². The number of halogens is 1.